The van der Waals surface area contributed by atoms with E-state index in [-0.39, 0.29) is 6.04 Å². The third-order valence-electron chi connectivity index (χ3n) is 1.60. The summed E-state index contributed by atoms with van der Waals surface area (Å²) in [4.78, 5) is 8.02. The molecule has 0 aromatic carbocycles. The Morgan fingerprint density at radius 2 is 2.36 bits per heavy atom. The zero-order valence-electron chi connectivity index (χ0n) is 8.33. The predicted molar refractivity (Wildman–Crippen MR) is 59.3 cm³/mol. The van der Waals surface area contributed by atoms with Gasteiger partial charge < -0.3 is 10.1 Å². The van der Waals surface area contributed by atoms with Gasteiger partial charge in [-0.3, -0.25) is 0 Å². The third kappa shape index (κ3) is 4.02. The van der Waals surface area contributed by atoms with Crippen molar-refractivity contribution in [1.29, 1.82) is 0 Å². The first-order valence-electron chi connectivity index (χ1n) is 4.54. The second-order valence-electron chi connectivity index (χ2n) is 2.93. The summed E-state index contributed by atoms with van der Waals surface area (Å²) in [6.45, 7) is 5.44. The summed E-state index contributed by atoms with van der Waals surface area (Å²) in [7, 11) is 0. The predicted octanol–water partition coefficient (Wildman–Crippen LogP) is 2.08. The average Bonchev–Trinajstić information content (AvgIpc) is 2.15. The lowest BCUT2D eigenvalue weighted by Gasteiger charge is -2.13. The number of aromatic nitrogens is 2. The molecule has 1 aromatic heterocycles. The minimum atomic E-state index is 0.247. The fraction of sp³-hybridized carbons (Fsp3) is 0.556. The highest BCUT2D eigenvalue weighted by Crippen LogP contribution is 2.10. The van der Waals surface area contributed by atoms with Gasteiger partial charge in [-0.2, -0.15) is 0 Å². The molecule has 4 nitrogen and oxygen atoms in total. The summed E-state index contributed by atoms with van der Waals surface area (Å²) >= 11 is 3.28. The van der Waals surface area contributed by atoms with Crippen LogP contribution in [0.3, 0.4) is 0 Å². The van der Waals surface area contributed by atoms with Gasteiger partial charge in [0.1, 0.15) is 16.7 Å². The van der Waals surface area contributed by atoms with Crippen LogP contribution in [0.1, 0.15) is 13.8 Å². The van der Waals surface area contributed by atoms with Crippen molar-refractivity contribution in [3.8, 4) is 0 Å². The molecular weight excluding hydrogens is 246 g/mol. The van der Waals surface area contributed by atoms with Gasteiger partial charge in [0, 0.05) is 18.7 Å². The van der Waals surface area contributed by atoms with E-state index in [2.05, 4.69) is 31.2 Å². The van der Waals surface area contributed by atoms with Gasteiger partial charge in [-0.15, -0.1) is 0 Å². The molecular formula is C9H14BrN3O. The molecule has 0 bridgehead atoms. The Kier molecular flexibility index (Phi) is 4.82. The highest BCUT2D eigenvalue weighted by Gasteiger charge is 2.02. The summed E-state index contributed by atoms with van der Waals surface area (Å²) in [6.07, 6.45) is 1.51. The van der Waals surface area contributed by atoms with Gasteiger partial charge in [0.15, 0.2) is 0 Å². The van der Waals surface area contributed by atoms with Gasteiger partial charge in [-0.25, -0.2) is 9.97 Å². The molecule has 1 heterocycles. The first-order chi connectivity index (χ1) is 6.72. The van der Waals surface area contributed by atoms with Crippen LogP contribution in [0.2, 0.25) is 0 Å². The van der Waals surface area contributed by atoms with E-state index in [1.165, 1.54) is 6.33 Å². The molecule has 0 aliphatic heterocycles. The van der Waals surface area contributed by atoms with Crippen molar-refractivity contribution in [2.75, 3.05) is 18.5 Å². The molecule has 0 fully saturated rings. The van der Waals surface area contributed by atoms with E-state index in [9.17, 15) is 0 Å². The number of hydrogen-bond donors (Lipinski definition) is 1. The molecule has 0 saturated heterocycles. The van der Waals surface area contributed by atoms with Crippen LogP contribution >= 0.6 is 15.9 Å². The van der Waals surface area contributed by atoms with E-state index in [1.807, 2.05) is 19.9 Å². The molecule has 1 N–H and O–H groups in total. The second-order valence-corrected chi connectivity index (χ2v) is 3.74. The third-order valence-corrected chi connectivity index (χ3v) is 2.03. The smallest absolute Gasteiger partial charge is 0.130 e. The number of rotatable bonds is 5. The van der Waals surface area contributed by atoms with Crippen LogP contribution in [-0.4, -0.2) is 29.2 Å². The van der Waals surface area contributed by atoms with Gasteiger partial charge in [-0.1, -0.05) is 0 Å². The number of nitrogens with zero attached hydrogens (tertiary/aromatic N) is 2. The summed E-state index contributed by atoms with van der Waals surface area (Å²) in [5, 5.41) is 3.21. The molecule has 5 heteroatoms. The Bertz CT molecular complexity index is 283. The Labute approximate surface area is 92.2 Å². The number of nitrogens with one attached hydrogen (secondary N) is 1. The number of halogens is 1. The lowest BCUT2D eigenvalue weighted by Crippen LogP contribution is -2.22. The van der Waals surface area contributed by atoms with Crippen molar-refractivity contribution >= 4 is 21.7 Å². The van der Waals surface area contributed by atoms with Crippen LogP contribution in [-0.2, 0) is 4.74 Å². The highest BCUT2D eigenvalue weighted by molar-refractivity contribution is 9.10. The quantitative estimate of drug-likeness (QED) is 0.823. The minimum Gasteiger partial charge on any atom is -0.380 e. The normalized spacial score (nSPS) is 12.5. The van der Waals surface area contributed by atoms with Gasteiger partial charge in [-0.05, 0) is 29.8 Å². The maximum absolute atomic E-state index is 5.28. The van der Waals surface area contributed by atoms with E-state index < -0.39 is 0 Å². The van der Waals surface area contributed by atoms with E-state index in [1.54, 1.807) is 0 Å². The van der Waals surface area contributed by atoms with Gasteiger partial charge in [0.25, 0.3) is 0 Å². The van der Waals surface area contributed by atoms with Crippen molar-refractivity contribution in [2.45, 2.75) is 19.9 Å². The van der Waals surface area contributed by atoms with Gasteiger partial charge in [0.05, 0.1) is 6.61 Å². The molecule has 0 aliphatic carbocycles. The van der Waals surface area contributed by atoms with Crippen molar-refractivity contribution in [1.82, 2.24) is 9.97 Å². The number of ether oxygens (including phenoxy) is 1. The topological polar surface area (TPSA) is 47.0 Å². The number of hydrogen-bond acceptors (Lipinski definition) is 4. The second kappa shape index (κ2) is 5.93. The van der Waals surface area contributed by atoms with Crippen molar-refractivity contribution in [3.63, 3.8) is 0 Å². The Balaban J connectivity index is 2.43. The van der Waals surface area contributed by atoms with E-state index in [0.717, 1.165) is 17.0 Å². The van der Waals surface area contributed by atoms with Crippen LogP contribution in [0.15, 0.2) is 17.0 Å². The van der Waals surface area contributed by atoms with Gasteiger partial charge >= 0.3 is 0 Å². The molecule has 14 heavy (non-hydrogen) atoms. The first-order valence-corrected chi connectivity index (χ1v) is 5.33. The Hall–Kier alpha value is -0.680. The standard InChI is InChI=1S/C9H14BrN3O/c1-3-14-5-7(2)13-9-4-8(10)11-6-12-9/h4,6-7H,3,5H2,1-2H3,(H,11,12,13). The molecule has 1 unspecified atom stereocenters. The molecule has 1 aromatic rings. The van der Waals surface area contributed by atoms with Gasteiger partial charge in [0.2, 0.25) is 0 Å². The SMILES string of the molecule is CCOCC(C)Nc1cc(Br)ncn1. The molecule has 1 rings (SSSR count). The maximum atomic E-state index is 5.28. The summed E-state index contributed by atoms with van der Waals surface area (Å²) in [5.41, 5.74) is 0. The largest absolute Gasteiger partial charge is 0.380 e. The van der Waals surface area contributed by atoms with Crippen LogP contribution in [0.5, 0.6) is 0 Å². The van der Waals surface area contributed by atoms with Crippen LogP contribution in [0.4, 0.5) is 5.82 Å². The zero-order valence-corrected chi connectivity index (χ0v) is 9.91. The molecule has 0 aliphatic rings. The summed E-state index contributed by atoms with van der Waals surface area (Å²) in [6, 6.07) is 2.08. The zero-order chi connectivity index (χ0) is 10.4. The fourth-order valence-electron chi connectivity index (χ4n) is 1.00. The summed E-state index contributed by atoms with van der Waals surface area (Å²) < 4.78 is 6.06. The lowest BCUT2D eigenvalue weighted by atomic mass is 10.3. The van der Waals surface area contributed by atoms with E-state index in [4.69, 9.17) is 4.74 Å². The molecule has 0 radical (unpaired) electrons. The molecule has 0 spiro atoms. The minimum absolute atomic E-state index is 0.247. The lowest BCUT2D eigenvalue weighted by molar-refractivity contribution is 0.141. The molecule has 0 amide bonds. The first kappa shape index (κ1) is 11.4. The molecule has 0 saturated carbocycles. The Morgan fingerprint density at radius 1 is 1.57 bits per heavy atom. The number of anilines is 1. The molecule has 1 atom stereocenters. The fourth-order valence-corrected chi connectivity index (χ4v) is 1.31. The maximum Gasteiger partial charge on any atom is 0.130 e. The van der Waals surface area contributed by atoms with Crippen LogP contribution < -0.4 is 5.32 Å². The van der Waals surface area contributed by atoms with E-state index in [0.29, 0.717) is 6.61 Å². The summed E-state index contributed by atoms with van der Waals surface area (Å²) in [5.74, 6) is 0.805. The molecule has 78 valence electrons. The van der Waals surface area contributed by atoms with Crippen LogP contribution in [0.25, 0.3) is 0 Å². The average molecular weight is 260 g/mol. The van der Waals surface area contributed by atoms with Crippen molar-refractivity contribution in [2.24, 2.45) is 0 Å². The van der Waals surface area contributed by atoms with Crippen LogP contribution in [0, 0.1) is 0 Å². The van der Waals surface area contributed by atoms with Crippen molar-refractivity contribution < 1.29 is 4.74 Å². The highest BCUT2D eigenvalue weighted by atomic mass is 79.9. The monoisotopic (exact) mass is 259 g/mol. The van der Waals surface area contributed by atoms with E-state index >= 15 is 0 Å². The van der Waals surface area contributed by atoms with Crippen molar-refractivity contribution in [3.05, 3.63) is 17.0 Å². The Morgan fingerprint density at radius 3 is 3.00 bits per heavy atom.